The van der Waals surface area contributed by atoms with Crippen LogP contribution in [0.2, 0.25) is 0 Å². The lowest BCUT2D eigenvalue weighted by Crippen LogP contribution is -2.45. The Morgan fingerprint density at radius 1 is 1.12 bits per heavy atom. The van der Waals surface area contributed by atoms with E-state index < -0.39 is 11.9 Å². The van der Waals surface area contributed by atoms with Crippen molar-refractivity contribution in [3.05, 3.63) is 60.3 Å². The van der Waals surface area contributed by atoms with Crippen LogP contribution < -0.4 is 0 Å². The summed E-state index contributed by atoms with van der Waals surface area (Å²) in [4.78, 5) is 36.9. The van der Waals surface area contributed by atoms with E-state index in [1.54, 1.807) is 11.8 Å². The molecule has 166 valence electrons. The van der Waals surface area contributed by atoms with Crippen LogP contribution in [0.15, 0.2) is 54.6 Å². The molecule has 0 spiro atoms. The van der Waals surface area contributed by atoms with Crippen molar-refractivity contribution in [2.24, 2.45) is 11.8 Å². The molecule has 1 aliphatic rings. The Hall–Kier alpha value is -3.32. The molecule has 0 bridgehead atoms. The summed E-state index contributed by atoms with van der Waals surface area (Å²) < 4.78 is 5.13. The number of nitrogens with zero attached hydrogens (tertiary/aromatic N) is 3. The van der Waals surface area contributed by atoms with Gasteiger partial charge in [-0.25, -0.2) is 9.97 Å². The first kappa shape index (κ1) is 21.9. The minimum Gasteiger partial charge on any atom is -0.466 e. The zero-order chi connectivity index (χ0) is 22.5. The minimum atomic E-state index is -0.632. The number of hydrogen-bond donors (Lipinski definition) is 1. The van der Waals surface area contributed by atoms with Crippen molar-refractivity contribution in [1.82, 2.24) is 14.9 Å². The summed E-state index contributed by atoms with van der Waals surface area (Å²) in [6, 6.07) is 17.1. The Labute approximate surface area is 187 Å². The molecule has 3 aromatic rings. The van der Waals surface area contributed by atoms with Gasteiger partial charge in [0.2, 0.25) is 0 Å². The van der Waals surface area contributed by atoms with Crippen LogP contribution in [0.3, 0.4) is 0 Å². The number of carbonyl (C=O) groups is 2. The van der Waals surface area contributed by atoms with Gasteiger partial charge in [-0.05, 0) is 31.7 Å². The molecule has 0 radical (unpaired) electrons. The number of piperidine rings is 1. The summed E-state index contributed by atoms with van der Waals surface area (Å²) >= 11 is 0. The van der Waals surface area contributed by atoms with Crippen LogP contribution in [0.1, 0.15) is 30.3 Å². The normalized spacial score (nSPS) is 17.2. The first-order valence-electron chi connectivity index (χ1n) is 11.0. The third-order valence-corrected chi connectivity index (χ3v) is 5.94. The highest BCUT2D eigenvalue weighted by molar-refractivity contribution is 6.04. The van der Waals surface area contributed by atoms with Crippen molar-refractivity contribution < 1.29 is 19.4 Å². The molecule has 1 amide bonds. The number of ether oxygens (including phenoxy) is 1. The predicted molar refractivity (Wildman–Crippen MR) is 121 cm³/mol. The Balaban J connectivity index is 1.66. The van der Waals surface area contributed by atoms with Crippen molar-refractivity contribution in [2.45, 2.75) is 19.8 Å². The van der Waals surface area contributed by atoms with Gasteiger partial charge < -0.3 is 14.7 Å². The third-order valence-electron chi connectivity index (χ3n) is 5.94. The molecule has 7 heteroatoms. The number of likely N-dealkylation sites (tertiary alicyclic amines) is 1. The topological polar surface area (TPSA) is 92.6 Å². The molecule has 2 atom stereocenters. The Morgan fingerprint density at radius 3 is 2.62 bits per heavy atom. The average molecular weight is 434 g/mol. The van der Waals surface area contributed by atoms with Gasteiger partial charge in [0.25, 0.3) is 5.91 Å². The smallest absolute Gasteiger partial charge is 0.311 e. The zero-order valence-electron chi connectivity index (χ0n) is 18.1. The number of hydrogen-bond acceptors (Lipinski definition) is 6. The van der Waals surface area contributed by atoms with Gasteiger partial charge in [0, 0.05) is 24.0 Å². The second-order valence-electron chi connectivity index (χ2n) is 7.97. The van der Waals surface area contributed by atoms with Crippen molar-refractivity contribution in [3.63, 3.8) is 0 Å². The maximum atomic E-state index is 13.6. The number of carbonyl (C=O) groups excluding carboxylic acids is 2. The largest absolute Gasteiger partial charge is 0.466 e. The van der Waals surface area contributed by atoms with E-state index in [1.807, 2.05) is 54.6 Å². The number of amides is 1. The predicted octanol–water partition coefficient (Wildman–Crippen LogP) is 3.32. The number of esters is 1. The molecule has 1 fully saturated rings. The van der Waals surface area contributed by atoms with E-state index in [0.29, 0.717) is 35.5 Å². The van der Waals surface area contributed by atoms with Crippen LogP contribution in [0, 0.1) is 11.8 Å². The van der Waals surface area contributed by atoms with E-state index in [1.165, 1.54) is 0 Å². The molecule has 1 saturated heterocycles. The van der Waals surface area contributed by atoms with Crippen LogP contribution in [0.4, 0.5) is 0 Å². The van der Waals surface area contributed by atoms with Crippen LogP contribution in [-0.2, 0) is 9.53 Å². The highest BCUT2D eigenvalue weighted by Gasteiger charge is 2.35. The average Bonchev–Trinajstić information content (AvgIpc) is 2.84. The molecule has 0 saturated carbocycles. The fourth-order valence-corrected chi connectivity index (χ4v) is 4.29. The standard InChI is InChI=1S/C25H27N3O4/c1-2-32-25(31)20(16-29)18-11-8-14-28(15-18)24(30)22-19-12-6-7-13-21(19)26-23(27-22)17-9-4-3-5-10-17/h3-7,9-10,12-13,18,20,29H,2,8,11,14-16H2,1H3. The third kappa shape index (κ3) is 4.48. The second kappa shape index (κ2) is 9.87. The summed E-state index contributed by atoms with van der Waals surface area (Å²) in [5.74, 6) is -0.883. The van der Waals surface area contributed by atoms with E-state index >= 15 is 0 Å². The maximum absolute atomic E-state index is 13.6. The molecular weight excluding hydrogens is 406 g/mol. The molecule has 4 rings (SSSR count). The van der Waals surface area contributed by atoms with Gasteiger partial charge in [-0.1, -0.05) is 48.5 Å². The SMILES string of the molecule is CCOC(=O)C(CO)C1CCCN(C(=O)c2nc(-c3ccccc3)nc3ccccc23)C1. The van der Waals surface area contributed by atoms with Crippen LogP contribution in [0.5, 0.6) is 0 Å². The van der Waals surface area contributed by atoms with Gasteiger partial charge in [-0.3, -0.25) is 9.59 Å². The molecule has 1 aromatic heterocycles. The molecule has 0 aliphatic carbocycles. The lowest BCUT2D eigenvalue weighted by atomic mass is 9.85. The Bertz CT molecular complexity index is 1100. The van der Waals surface area contributed by atoms with Gasteiger partial charge >= 0.3 is 5.97 Å². The molecule has 2 heterocycles. The molecular formula is C25H27N3O4. The van der Waals surface area contributed by atoms with Crippen molar-refractivity contribution in [2.75, 3.05) is 26.3 Å². The lowest BCUT2D eigenvalue weighted by Gasteiger charge is -2.35. The van der Waals surface area contributed by atoms with E-state index in [4.69, 9.17) is 4.74 Å². The number of para-hydroxylation sites is 1. The number of benzene rings is 2. The van der Waals surface area contributed by atoms with Gasteiger partial charge in [0.05, 0.1) is 24.6 Å². The minimum absolute atomic E-state index is 0.154. The first-order valence-corrected chi connectivity index (χ1v) is 11.0. The highest BCUT2D eigenvalue weighted by Crippen LogP contribution is 2.28. The van der Waals surface area contributed by atoms with E-state index in [2.05, 4.69) is 9.97 Å². The quantitative estimate of drug-likeness (QED) is 0.600. The summed E-state index contributed by atoms with van der Waals surface area (Å²) in [5, 5.41) is 10.5. The Morgan fingerprint density at radius 2 is 1.88 bits per heavy atom. The number of aromatic nitrogens is 2. The van der Waals surface area contributed by atoms with Gasteiger partial charge in [-0.2, -0.15) is 0 Å². The van der Waals surface area contributed by atoms with Crippen LogP contribution in [0.25, 0.3) is 22.3 Å². The fraction of sp³-hybridized carbons (Fsp3) is 0.360. The number of fused-ring (bicyclic) bond motifs is 1. The van der Waals surface area contributed by atoms with Crippen LogP contribution in [-0.4, -0.2) is 58.2 Å². The lowest BCUT2D eigenvalue weighted by molar-refractivity contribution is -0.152. The summed E-state index contributed by atoms with van der Waals surface area (Å²) in [6.07, 6.45) is 1.51. The van der Waals surface area contributed by atoms with E-state index in [9.17, 15) is 14.7 Å². The summed E-state index contributed by atoms with van der Waals surface area (Å²) in [6.45, 7) is 2.67. The van der Waals surface area contributed by atoms with Crippen molar-refractivity contribution >= 4 is 22.8 Å². The van der Waals surface area contributed by atoms with Gasteiger partial charge in [-0.15, -0.1) is 0 Å². The maximum Gasteiger partial charge on any atom is 0.311 e. The first-order chi connectivity index (χ1) is 15.6. The fourth-order valence-electron chi connectivity index (χ4n) is 4.29. The molecule has 2 aromatic carbocycles. The van der Waals surface area contributed by atoms with Gasteiger partial charge in [0.1, 0.15) is 5.69 Å². The Kier molecular flexibility index (Phi) is 6.75. The summed E-state index contributed by atoms with van der Waals surface area (Å²) in [7, 11) is 0. The van der Waals surface area contributed by atoms with Gasteiger partial charge in [0.15, 0.2) is 5.82 Å². The molecule has 7 nitrogen and oxygen atoms in total. The van der Waals surface area contributed by atoms with Crippen molar-refractivity contribution in [3.8, 4) is 11.4 Å². The number of aliphatic hydroxyl groups excluding tert-OH is 1. The monoisotopic (exact) mass is 433 g/mol. The molecule has 2 unspecified atom stereocenters. The number of aliphatic hydroxyl groups is 1. The zero-order valence-corrected chi connectivity index (χ0v) is 18.1. The molecule has 1 N–H and O–H groups in total. The highest BCUT2D eigenvalue weighted by atomic mass is 16.5. The summed E-state index contributed by atoms with van der Waals surface area (Å²) in [5.41, 5.74) is 1.90. The van der Waals surface area contributed by atoms with E-state index in [-0.39, 0.29) is 25.0 Å². The second-order valence-corrected chi connectivity index (χ2v) is 7.97. The van der Waals surface area contributed by atoms with Crippen molar-refractivity contribution in [1.29, 1.82) is 0 Å². The number of rotatable bonds is 6. The molecule has 32 heavy (non-hydrogen) atoms. The van der Waals surface area contributed by atoms with E-state index in [0.717, 1.165) is 18.4 Å². The van der Waals surface area contributed by atoms with Crippen LogP contribution >= 0.6 is 0 Å². The molecule has 1 aliphatic heterocycles.